The fraction of sp³-hybridized carbons (Fsp3) is 0.500. The van der Waals surface area contributed by atoms with Crippen LogP contribution in [0.4, 0.5) is 0 Å². The van der Waals surface area contributed by atoms with Gasteiger partial charge in [0.2, 0.25) is 0 Å². The van der Waals surface area contributed by atoms with Crippen LogP contribution in [-0.4, -0.2) is 17.1 Å². The van der Waals surface area contributed by atoms with Crippen LogP contribution in [0.15, 0.2) is 15.3 Å². The Morgan fingerprint density at radius 3 is 2.31 bits per heavy atom. The Balaban J connectivity index is 2.99. The molecule has 0 saturated carbocycles. The minimum atomic E-state index is -0.0335. The van der Waals surface area contributed by atoms with E-state index in [4.69, 9.17) is 4.74 Å². The van der Waals surface area contributed by atoms with Crippen LogP contribution < -0.4 is 0 Å². The Bertz CT molecular complexity index is 269. The van der Waals surface area contributed by atoms with E-state index in [1.54, 1.807) is 13.2 Å². The SMILES string of the molecule is CCC(OC)c1nc(Br)cc(Br)n1. The van der Waals surface area contributed by atoms with Gasteiger partial charge in [-0.05, 0) is 38.3 Å². The predicted molar refractivity (Wildman–Crippen MR) is 57.5 cm³/mol. The molecule has 1 aromatic heterocycles. The molecular formula is C8H10Br2N2O. The van der Waals surface area contributed by atoms with Crippen molar-refractivity contribution in [3.05, 3.63) is 21.1 Å². The van der Waals surface area contributed by atoms with Crippen LogP contribution in [0, 0.1) is 0 Å². The standard InChI is InChI=1S/C8H10Br2N2O/c1-3-5(13-2)8-11-6(9)4-7(10)12-8/h4-5H,3H2,1-2H3. The summed E-state index contributed by atoms with van der Waals surface area (Å²) in [6.45, 7) is 2.03. The summed E-state index contributed by atoms with van der Waals surface area (Å²) in [6, 6.07) is 1.80. The van der Waals surface area contributed by atoms with E-state index in [0.717, 1.165) is 15.6 Å². The van der Waals surface area contributed by atoms with E-state index in [1.165, 1.54) is 0 Å². The molecule has 0 spiro atoms. The predicted octanol–water partition coefficient (Wildman–Crippen LogP) is 3.10. The average Bonchev–Trinajstić information content (AvgIpc) is 2.04. The van der Waals surface area contributed by atoms with Gasteiger partial charge < -0.3 is 4.74 Å². The molecule has 13 heavy (non-hydrogen) atoms. The molecule has 0 saturated heterocycles. The molecule has 0 fully saturated rings. The normalized spacial score (nSPS) is 12.9. The second-order valence-corrected chi connectivity index (χ2v) is 4.13. The molecule has 1 atom stereocenters. The van der Waals surface area contributed by atoms with Crippen LogP contribution in [0.1, 0.15) is 25.3 Å². The number of hydrogen-bond donors (Lipinski definition) is 0. The molecule has 1 heterocycles. The van der Waals surface area contributed by atoms with Crippen LogP contribution in [0.3, 0.4) is 0 Å². The van der Waals surface area contributed by atoms with Gasteiger partial charge >= 0.3 is 0 Å². The average molecular weight is 310 g/mol. The Labute approximate surface area is 94.2 Å². The van der Waals surface area contributed by atoms with E-state index in [9.17, 15) is 0 Å². The number of halogens is 2. The minimum absolute atomic E-state index is 0.0335. The summed E-state index contributed by atoms with van der Waals surface area (Å²) in [4.78, 5) is 8.45. The molecule has 0 amide bonds. The molecule has 0 radical (unpaired) electrons. The fourth-order valence-electron chi connectivity index (χ4n) is 1.01. The molecule has 0 bridgehead atoms. The minimum Gasteiger partial charge on any atom is -0.373 e. The maximum atomic E-state index is 5.23. The Morgan fingerprint density at radius 1 is 1.38 bits per heavy atom. The quantitative estimate of drug-likeness (QED) is 0.805. The molecule has 5 heteroatoms. The third-order valence-corrected chi connectivity index (χ3v) is 2.44. The Kier molecular flexibility index (Phi) is 4.28. The lowest BCUT2D eigenvalue weighted by Crippen LogP contribution is -2.05. The molecule has 0 N–H and O–H groups in total. The highest BCUT2D eigenvalue weighted by atomic mass is 79.9. The maximum Gasteiger partial charge on any atom is 0.159 e. The van der Waals surface area contributed by atoms with Gasteiger partial charge in [-0.2, -0.15) is 0 Å². The van der Waals surface area contributed by atoms with Crippen molar-refractivity contribution >= 4 is 31.9 Å². The van der Waals surface area contributed by atoms with Gasteiger partial charge in [0.15, 0.2) is 5.82 Å². The van der Waals surface area contributed by atoms with Gasteiger partial charge in [-0.25, -0.2) is 9.97 Å². The van der Waals surface area contributed by atoms with Gasteiger partial charge in [-0.15, -0.1) is 0 Å². The van der Waals surface area contributed by atoms with E-state index in [2.05, 4.69) is 41.8 Å². The van der Waals surface area contributed by atoms with Gasteiger partial charge in [0.25, 0.3) is 0 Å². The summed E-state index contributed by atoms with van der Waals surface area (Å²) in [5.41, 5.74) is 0. The van der Waals surface area contributed by atoms with Crippen LogP contribution in [-0.2, 0) is 4.74 Å². The molecule has 1 rings (SSSR count). The molecule has 0 aromatic carbocycles. The van der Waals surface area contributed by atoms with Crippen molar-refractivity contribution in [1.82, 2.24) is 9.97 Å². The zero-order valence-electron chi connectivity index (χ0n) is 7.42. The van der Waals surface area contributed by atoms with Crippen LogP contribution >= 0.6 is 31.9 Å². The van der Waals surface area contributed by atoms with Gasteiger partial charge in [0.05, 0.1) is 0 Å². The van der Waals surface area contributed by atoms with Gasteiger partial charge in [-0.1, -0.05) is 6.92 Å². The van der Waals surface area contributed by atoms with Crippen LogP contribution in [0.2, 0.25) is 0 Å². The fourth-order valence-corrected chi connectivity index (χ4v) is 2.11. The van der Waals surface area contributed by atoms with Crippen molar-refractivity contribution in [2.75, 3.05) is 7.11 Å². The lowest BCUT2D eigenvalue weighted by molar-refractivity contribution is 0.0922. The van der Waals surface area contributed by atoms with Crippen molar-refractivity contribution in [3.63, 3.8) is 0 Å². The lowest BCUT2D eigenvalue weighted by atomic mass is 10.2. The van der Waals surface area contributed by atoms with Crippen LogP contribution in [0.25, 0.3) is 0 Å². The van der Waals surface area contributed by atoms with Gasteiger partial charge in [-0.3, -0.25) is 0 Å². The number of rotatable bonds is 3. The van der Waals surface area contributed by atoms with Crippen molar-refractivity contribution in [2.45, 2.75) is 19.4 Å². The maximum absolute atomic E-state index is 5.23. The number of aromatic nitrogens is 2. The summed E-state index contributed by atoms with van der Waals surface area (Å²) in [7, 11) is 1.66. The van der Waals surface area contributed by atoms with Crippen molar-refractivity contribution < 1.29 is 4.74 Å². The monoisotopic (exact) mass is 308 g/mol. The summed E-state index contributed by atoms with van der Waals surface area (Å²) in [5, 5.41) is 0. The van der Waals surface area contributed by atoms with E-state index >= 15 is 0 Å². The first-order chi connectivity index (χ1) is 6.17. The molecule has 72 valence electrons. The van der Waals surface area contributed by atoms with Gasteiger partial charge in [0, 0.05) is 13.2 Å². The lowest BCUT2D eigenvalue weighted by Gasteiger charge is -2.11. The van der Waals surface area contributed by atoms with Gasteiger partial charge in [0.1, 0.15) is 15.3 Å². The van der Waals surface area contributed by atoms with E-state index in [0.29, 0.717) is 5.82 Å². The van der Waals surface area contributed by atoms with E-state index in [-0.39, 0.29) is 6.10 Å². The topological polar surface area (TPSA) is 35.0 Å². The summed E-state index contributed by atoms with van der Waals surface area (Å²) in [5.74, 6) is 0.700. The zero-order valence-corrected chi connectivity index (χ0v) is 10.6. The zero-order chi connectivity index (χ0) is 9.84. The van der Waals surface area contributed by atoms with Crippen molar-refractivity contribution in [1.29, 1.82) is 0 Å². The molecule has 0 aliphatic heterocycles. The molecular weight excluding hydrogens is 300 g/mol. The summed E-state index contributed by atoms with van der Waals surface area (Å²) >= 11 is 6.61. The second-order valence-electron chi connectivity index (χ2n) is 2.50. The Hall–Kier alpha value is -0.0000000000000000555. The second kappa shape index (κ2) is 5.02. The number of ether oxygens (including phenoxy) is 1. The summed E-state index contributed by atoms with van der Waals surface area (Å²) in [6.07, 6.45) is 0.827. The molecule has 3 nitrogen and oxygen atoms in total. The smallest absolute Gasteiger partial charge is 0.159 e. The number of methoxy groups -OCH3 is 1. The third-order valence-electron chi connectivity index (χ3n) is 1.62. The number of hydrogen-bond acceptors (Lipinski definition) is 3. The largest absolute Gasteiger partial charge is 0.373 e. The van der Waals surface area contributed by atoms with Crippen molar-refractivity contribution in [3.8, 4) is 0 Å². The molecule has 0 aliphatic carbocycles. The Morgan fingerprint density at radius 2 is 1.92 bits per heavy atom. The number of nitrogens with zero attached hydrogens (tertiary/aromatic N) is 2. The molecule has 0 aliphatic rings. The van der Waals surface area contributed by atoms with E-state index in [1.807, 2.05) is 6.92 Å². The first-order valence-electron chi connectivity index (χ1n) is 3.90. The van der Waals surface area contributed by atoms with Crippen LogP contribution in [0.5, 0.6) is 0 Å². The van der Waals surface area contributed by atoms with Crippen molar-refractivity contribution in [2.24, 2.45) is 0 Å². The highest BCUT2D eigenvalue weighted by Gasteiger charge is 2.12. The molecule has 1 unspecified atom stereocenters. The first kappa shape index (κ1) is 11.1. The third kappa shape index (κ3) is 3.00. The first-order valence-corrected chi connectivity index (χ1v) is 5.48. The van der Waals surface area contributed by atoms with E-state index < -0.39 is 0 Å². The highest BCUT2D eigenvalue weighted by molar-refractivity contribution is 9.11. The summed E-state index contributed by atoms with van der Waals surface area (Å²) < 4.78 is 6.76. The molecule has 1 aromatic rings. The highest BCUT2D eigenvalue weighted by Crippen LogP contribution is 2.20.